The summed E-state index contributed by atoms with van der Waals surface area (Å²) in [6, 6.07) is 8.01. The van der Waals surface area contributed by atoms with E-state index in [9.17, 15) is 20.4 Å². The highest BCUT2D eigenvalue weighted by Crippen LogP contribution is 2.48. The van der Waals surface area contributed by atoms with Crippen molar-refractivity contribution < 1.29 is 35.2 Å². The van der Waals surface area contributed by atoms with E-state index in [1.807, 2.05) is 0 Å². The Hall–Kier alpha value is -2.58. The van der Waals surface area contributed by atoms with Crippen LogP contribution in [0.15, 0.2) is 30.3 Å². The highest BCUT2D eigenvalue weighted by atomic mass is 16.5. The maximum absolute atomic E-state index is 9.73. The summed E-state index contributed by atoms with van der Waals surface area (Å²) in [4.78, 5) is 0. The zero-order valence-electron chi connectivity index (χ0n) is 10.1. The van der Waals surface area contributed by atoms with Gasteiger partial charge in [-0.05, 0) is 12.1 Å². The lowest BCUT2D eigenvalue weighted by molar-refractivity contribution is 0.334. The first-order valence-electron chi connectivity index (χ1n) is 5.52. The lowest BCUT2D eigenvalue weighted by atomic mass is 9.78. The van der Waals surface area contributed by atoms with E-state index in [4.69, 9.17) is 14.8 Å². The molecule has 20 heavy (non-hydrogen) atoms. The number of hydrogen-bond donors (Lipinski definition) is 6. The van der Waals surface area contributed by atoms with Crippen LogP contribution in [0.5, 0.6) is 34.5 Å². The van der Waals surface area contributed by atoms with Gasteiger partial charge in [-0.2, -0.15) is 0 Å². The van der Waals surface area contributed by atoms with E-state index in [1.54, 1.807) is 18.2 Å². The molecule has 0 spiro atoms. The van der Waals surface area contributed by atoms with Crippen molar-refractivity contribution >= 4 is 12.6 Å². The van der Waals surface area contributed by atoms with Gasteiger partial charge in [0.05, 0.1) is 5.46 Å². The van der Waals surface area contributed by atoms with Crippen LogP contribution < -0.4 is 10.2 Å². The molecule has 0 bridgehead atoms. The minimum Gasteiger partial charge on any atom is -0.504 e. The van der Waals surface area contributed by atoms with Crippen molar-refractivity contribution in [1.82, 2.24) is 0 Å². The number of para-hydroxylation sites is 1. The van der Waals surface area contributed by atoms with Crippen LogP contribution in [0.4, 0.5) is 0 Å². The van der Waals surface area contributed by atoms with Crippen LogP contribution in [-0.4, -0.2) is 37.6 Å². The van der Waals surface area contributed by atoms with E-state index in [1.165, 1.54) is 12.1 Å². The summed E-state index contributed by atoms with van der Waals surface area (Å²) in [6.07, 6.45) is 0. The average molecular weight is 278 g/mol. The van der Waals surface area contributed by atoms with Crippen molar-refractivity contribution in [3.63, 3.8) is 0 Å². The zero-order valence-corrected chi connectivity index (χ0v) is 10.1. The number of phenolic OH excluding ortho intramolecular Hbond substituents is 4. The summed E-state index contributed by atoms with van der Waals surface area (Å²) < 4.78 is 5.15. The topological polar surface area (TPSA) is 131 Å². The first-order valence-corrected chi connectivity index (χ1v) is 5.52. The minimum atomic E-state index is -2.28. The molecule has 0 aromatic heterocycles. The number of phenols is 4. The number of ether oxygens (including phenoxy) is 1. The molecule has 0 saturated carbocycles. The van der Waals surface area contributed by atoms with Crippen molar-refractivity contribution in [1.29, 1.82) is 0 Å². The van der Waals surface area contributed by atoms with Crippen molar-refractivity contribution in [2.45, 2.75) is 0 Å². The molecule has 0 atom stereocenters. The summed E-state index contributed by atoms with van der Waals surface area (Å²) in [5, 5.41) is 56.6. The van der Waals surface area contributed by atoms with Crippen LogP contribution in [0, 0.1) is 0 Å². The number of aromatic hydroxyl groups is 4. The van der Waals surface area contributed by atoms with Gasteiger partial charge in [-0.25, -0.2) is 0 Å². The fourth-order valence-corrected chi connectivity index (χ4v) is 1.64. The first-order chi connectivity index (χ1) is 9.43. The Balaban J connectivity index is 2.55. The third-order valence-electron chi connectivity index (χ3n) is 2.61. The lowest BCUT2D eigenvalue weighted by Gasteiger charge is -2.15. The Morgan fingerprint density at radius 3 is 1.70 bits per heavy atom. The van der Waals surface area contributed by atoms with Gasteiger partial charge in [0.2, 0.25) is 17.2 Å². The molecule has 0 fully saturated rings. The maximum atomic E-state index is 9.73. The molecule has 0 aliphatic carbocycles. The van der Waals surface area contributed by atoms with Crippen LogP contribution in [0.3, 0.4) is 0 Å². The minimum absolute atomic E-state index is 0.231. The highest BCUT2D eigenvalue weighted by molar-refractivity contribution is 6.61. The average Bonchev–Trinajstić information content (AvgIpc) is 2.42. The van der Waals surface area contributed by atoms with E-state index in [0.29, 0.717) is 0 Å². The predicted octanol–water partition coefficient (Wildman–Crippen LogP) is -0.0189. The van der Waals surface area contributed by atoms with Crippen molar-refractivity contribution in [2.24, 2.45) is 0 Å². The normalized spacial score (nSPS) is 10.3. The lowest BCUT2D eigenvalue weighted by Crippen LogP contribution is -2.30. The van der Waals surface area contributed by atoms with Crippen molar-refractivity contribution in [3.05, 3.63) is 30.3 Å². The van der Waals surface area contributed by atoms with Crippen LogP contribution in [0.25, 0.3) is 0 Å². The molecule has 104 valence electrons. The van der Waals surface area contributed by atoms with Gasteiger partial charge in [0, 0.05) is 0 Å². The number of hydrogen-bond acceptors (Lipinski definition) is 7. The summed E-state index contributed by atoms with van der Waals surface area (Å²) in [5.41, 5.74) is -0.819. The van der Waals surface area contributed by atoms with Crippen molar-refractivity contribution in [2.75, 3.05) is 0 Å². The monoisotopic (exact) mass is 278 g/mol. The largest absolute Gasteiger partial charge is 0.504 e. The summed E-state index contributed by atoms with van der Waals surface area (Å²) >= 11 is 0. The number of rotatable bonds is 3. The molecule has 7 nitrogen and oxygen atoms in total. The van der Waals surface area contributed by atoms with Crippen LogP contribution >= 0.6 is 0 Å². The second kappa shape index (κ2) is 5.20. The van der Waals surface area contributed by atoms with Crippen molar-refractivity contribution in [3.8, 4) is 34.5 Å². The second-order valence-corrected chi connectivity index (χ2v) is 3.93. The van der Waals surface area contributed by atoms with Gasteiger partial charge in [0.25, 0.3) is 0 Å². The van der Waals surface area contributed by atoms with Gasteiger partial charge in [-0.3, -0.25) is 0 Å². The van der Waals surface area contributed by atoms with E-state index in [0.717, 1.165) is 0 Å². The molecule has 0 radical (unpaired) electrons. The third kappa shape index (κ3) is 2.29. The molecule has 2 rings (SSSR count). The SMILES string of the molecule is OB(O)c1c(O)c(O)c(Oc2ccccc2)c(O)c1O. The van der Waals surface area contributed by atoms with Gasteiger partial charge < -0.3 is 35.2 Å². The Bertz CT molecular complexity index is 598. The molecule has 0 heterocycles. The molecule has 0 saturated heterocycles. The Kier molecular flexibility index (Phi) is 3.60. The van der Waals surface area contributed by atoms with Crippen LogP contribution in [0.1, 0.15) is 0 Å². The molecule has 2 aromatic rings. The van der Waals surface area contributed by atoms with Gasteiger partial charge in [-0.15, -0.1) is 0 Å². The molecule has 0 unspecified atom stereocenters. The zero-order chi connectivity index (χ0) is 14.9. The van der Waals surface area contributed by atoms with Crippen LogP contribution in [-0.2, 0) is 0 Å². The molecule has 8 heteroatoms. The fraction of sp³-hybridized carbons (Fsp3) is 0. The Morgan fingerprint density at radius 2 is 1.25 bits per heavy atom. The molecule has 0 amide bonds. The summed E-state index contributed by atoms with van der Waals surface area (Å²) in [5.74, 6) is -4.22. The highest BCUT2D eigenvalue weighted by Gasteiger charge is 2.31. The van der Waals surface area contributed by atoms with E-state index < -0.39 is 41.3 Å². The smallest absolute Gasteiger partial charge is 0.496 e. The fourth-order valence-electron chi connectivity index (χ4n) is 1.64. The van der Waals surface area contributed by atoms with E-state index in [2.05, 4.69) is 0 Å². The molecular weight excluding hydrogens is 267 g/mol. The first kappa shape index (κ1) is 13.8. The molecule has 0 aliphatic rings. The standard InChI is InChI=1S/C12H11BO7/c14-8-7(13(18)19)9(15)11(17)12(10(8)16)20-6-4-2-1-3-5-6/h1-5,14-19H. The van der Waals surface area contributed by atoms with Gasteiger partial charge in [0.15, 0.2) is 11.5 Å². The van der Waals surface area contributed by atoms with Gasteiger partial charge in [-0.1, -0.05) is 18.2 Å². The third-order valence-corrected chi connectivity index (χ3v) is 2.61. The predicted molar refractivity (Wildman–Crippen MR) is 69.4 cm³/mol. The van der Waals surface area contributed by atoms with Crippen LogP contribution in [0.2, 0.25) is 0 Å². The summed E-state index contributed by atoms with van der Waals surface area (Å²) in [7, 11) is -2.28. The molecule has 2 aromatic carbocycles. The Morgan fingerprint density at radius 1 is 0.750 bits per heavy atom. The summed E-state index contributed by atoms with van der Waals surface area (Å²) in [6.45, 7) is 0. The Labute approximate surface area is 113 Å². The molecular formula is C12H11BO7. The molecule has 6 N–H and O–H groups in total. The van der Waals surface area contributed by atoms with E-state index >= 15 is 0 Å². The van der Waals surface area contributed by atoms with Gasteiger partial charge >= 0.3 is 7.12 Å². The quantitative estimate of drug-likeness (QED) is 0.264. The van der Waals surface area contributed by atoms with Gasteiger partial charge in [0.1, 0.15) is 5.75 Å². The van der Waals surface area contributed by atoms with E-state index in [-0.39, 0.29) is 5.75 Å². The number of benzene rings is 2. The second-order valence-electron chi connectivity index (χ2n) is 3.93. The molecule has 0 aliphatic heterocycles. The maximum Gasteiger partial charge on any atom is 0.496 e.